The summed E-state index contributed by atoms with van der Waals surface area (Å²) in [5.41, 5.74) is 2.05. The van der Waals surface area contributed by atoms with Crippen molar-refractivity contribution < 1.29 is 9.47 Å². The summed E-state index contributed by atoms with van der Waals surface area (Å²) >= 11 is 9.37. The standard InChI is InChI=1S/C22H20ClN3O2S2/c1-15-9-10-19(27-2)17(14-15)26-21(20-8-5-12-29-20)24-25-22(26)30-13-11-28-18-7-4-3-6-16(18)23/h3-10,12,14H,11,13H2,1-2H3. The van der Waals surface area contributed by atoms with Gasteiger partial charge in [0.25, 0.3) is 0 Å². The fourth-order valence-corrected chi connectivity index (χ4v) is 4.62. The molecular formula is C22H20ClN3O2S2. The van der Waals surface area contributed by atoms with Gasteiger partial charge in [0.1, 0.15) is 11.5 Å². The number of aromatic nitrogens is 3. The zero-order valence-electron chi connectivity index (χ0n) is 16.5. The zero-order valence-corrected chi connectivity index (χ0v) is 18.9. The van der Waals surface area contributed by atoms with Gasteiger partial charge in [0.15, 0.2) is 11.0 Å². The summed E-state index contributed by atoms with van der Waals surface area (Å²) < 4.78 is 13.5. The number of ether oxygens (including phenoxy) is 2. The Morgan fingerprint density at radius 1 is 1.07 bits per heavy atom. The summed E-state index contributed by atoms with van der Waals surface area (Å²) in [7, 11) is 1.67. The van der Waals surface area contributed by atoms with E-state index < -0.39 is 0 Å². The lowest BCUT2D eigenvalue weighted by Crippen LogP contribution is -2.05. The van der Waals surface area contributed by atoms with Crippen molar-refractivity contribution in [3.63, 3.8) is 0 Å². The van der Waals surface area contributed by atoms with E-state index in [0.29, 0.717) is 23.1 Å². The molecule has 4 aromatic rings. The van der Waals surface area contributed by atoms with E-state index in [1.165, 1.54) is 0 Å². The van der Waals surface area contributed by atoms with Crippen molar-refractivity contribution in [1.82, 2.24) is 14.8 Å². The molecule has 154 valence electrons. The van der Waals surface area contributed by atoms with Gasteiger partial charge in [-0.15, -0.1) is 21.5 Å². The molecule has 8 heteroatoms. The van der Waals surface area contributed by atoms with Crippen molar-refractivity contribution in [1.29, 1.82) is 0 Å². The molecule has 0 N–H and O–H groups in total. The normalized spacial score (nSPS) is 10.9. The number of benzene rings is 2. The van der Waals surface area contributed by atoms with Gasteiger partial charge in [-0.05, 0) is 48.2 Å². The molecule has 0 radical (unpaired) electrons. The summed E-state index contributed by atoms with van der Waals surface area (Å²) in [5.74, 6) is 2.94. The van der Waals surface area contributed by atoms with Crippen molar-refractivity contribution in [2.24, 2.45) is 0 Å². The largest absolute Gasteiger partial charge is 0.495 e. The molecule has 0 spiro atoms. The fourth-order valence-electron chi connectivity index (χ4n) is 2.97. The highest BCUT2D eigenvalue weighted by Crippen LogP contribution is 2.34. The van der Waals surface area contributed by atoms with Gasteiger partial charge in [0.05, 0.1) is 29.3 Å². The number of rotatable bonds is 8. The molecule has 2 aromatic carbocycles. The van der Waals surface area contributed by atoms with Crippen LogP contribution in [0.2, 0.25) is 5.02 Å². The Bertz CT molecular complexity index is 1130. The molecule has 5 nitrogen and oxygen atoms in total. The number of thiophene rings is 1. The molecule has 30 heavy (non-hydrogen) atoms. The third-order valence-electron chi connectivity index (χ3n) is 4.36. The van der Waals surface area contributed by atoms with Crippen LogP contribution in [-0.4, -0.2) is 34.2 Å². The molecule has 4 rings (SSSR count). The van der Waals surface area contributed by atoms with Gasteiger partial charge in [0, 0.05) is 5.75 Å². The van der Waals surface area contributed by atoms with Crippen molar-refractivity contribution >= 4 is 34.7 Å². The van der Waals surface area contributed by atoms with Gasteiger partial charge in [-0.3, -0.25) is 4.57 Å². The van der Waals surface area contributed by atoms with Gasteiger partial charge in [-0.1, -0.05) is 47.6 Å². The zero-order chi connectivity index (χ0) is 20.9. The maximum Gasteiger partial charge on any atom is 0.196 e. The Hall–Kier alpha value is -2.48. The minimum Gasteiger partial charge on any atom is -0.495 e. The van der Waals surface area contributed by atoms with E-state index in [2.05, 4.69) is 27.8 Å². The number of halogens is 1. The van der Waals surface area contributed by atoms with Crippen LogP contribution in [0.25, 0.3) is 16.4 Å². The molecule has 0 amide bonds. The SMILES string of the molecule is COc1ccc(C)cc1-n1c(SCCOc2ccccc2Cl)nnc1-c1cccs1. The first-order valence-electron chi connectivity index (χ1n) is 9.32. The summed E-state index contributed by atoms with van der Waals surface area (Å²) in [6.07, 6.45) is 0. The van der Waals surface area contributed by atoms with E-state index in [0.717, 1.165) is 32.9 Å². The average molecular weight is 458 g/mol. The molecule has 0 atom stereocenters. The van der Waals surface area contributed by atoms with E-state index >= 15 is 0 Å². The molecule has 2 heterocycles. The molecular weight excluding hydrogens is 438 g/mol. The summed E-state index contributed by atoms with van der Waals surface area (Å²) in [5, 5.41) is 12.4. The van der Waals surface area contributed by atoms with Gasteiger partial charge in [-0.2, -0.15) is 0 Å². The molecule has 2 aromatic heterocycles. The van der Waals surface area contributed by atoms with Crippen molar-refractivity contribution in [2.75, 3.05) is 19.5 Å². The highest BCUT2D eigenvalue weighted by atomic mass is 35.5. The van der Waals surface area contributed by atoms with Gasteiger partial charge < -0.3 is 9.47 Å². The second-order valence-electron chi connectivity index (χ2n) is 6.42. The van der Waals surface area contributed by atoms with Crippen molar-refractivity contribution in [3.8, 4) is 27.9 Å². The quantitative estimate of drug-likeness (QED) is 0.235. The molecule has 0 saturated carbocycles. The lowest BCUT2D eigenvalue weighted by Gasteiger charge is -2.14. The Labute approximate surface area is 188 Å². The average Bonchev–Trinajstić information content (AvgIpc) is 3.42. The monoisotopic (exact) mass is 457 g/mol. The molecule has 0 aliphatic carbocycles. The van der Waals surface area contributed by atoms with Crippen molar-refractivity contribution in [3.05, 3.63) is 70.6 Å². The fraction of sp³-hybridized carbons (Fsp3) is 0.182. The first-order valence-corrected chi connectivity index (χ1v) is 11.6. The molecule has 0 fully saturated rings. The number of hydrogen-bond acceptors (Lipinski definition) is 6. The summed E-state index contributed by atoms with van der Waals surface area (Å²) in [6, 6.07) is 17.6. The Kier molecular flexibility index (Phi) is 6.62. The molecule has 0 aliphatic rings. The maximum atomic E-state index is 6.16. The Balaban J connectivity index is 1.61. The Morgan fingerprint density at radius 2 is 1.93 bits per heavy atom. The molecule has 0 saturated heterocycles. The number of methoxy groups -OCH3 is 1. The maximum absolute atomic E-state index is 6.16. The smallest absolute Gasteiger partial charge is 0.196 e. The van der Waals surface area contributed by atoms with E-state index in [4.69, 9.17) is 21.1 Å². The van der Waals surface area contributed by atoms with Gasteiger partial charge in [0.2, 0.25) is 0 Å². The first-order chi connectivity index (χ1) is 14.7. The van der Waals surface area contributed by atoms with Crippen molar-refractivity contribution in [2.45, 2.75) is 12.1 Å². The molecule has 0 bridgehead atoms. The van der Waals surface area contributed by atoms with Crippen LogP contribution in [0.3, 0.4) is 0 Å². The second kappa shape index (κ2) is 9.55. The van der Waals surface area contributed by atoms with Crippen LogP contribution in [0.4, 0.5) is 0 Å². The highest BCUT2D eigenvalue weighted by Gasteiger charge is 2.20. The molecule has 0 aliphatic heterocycles. The van der Waals surface area contributed by atoms with Crippen LogP contribution in [-0.2, 0) is 0 Å². The minimum absolute atomic E-state index is 0.501. The van der Waals surface area contributed by atoms with Crippen LogP contribution < -0.4 is 9.47 Å². The third kappa shape index (κ3) is 4.48. The lowest BCUT2D eigenvalue weighted by molar-refractivity contribution is 0.344. The topological polar surface area (TPSA) is 49.2 Å². The minimum atomic E-state index is 0.501. The lowest BCUT2D eigenvalue weighted by atomic mass is 10.2. The predicted octanol–water partition coefficient (Wildman–Crippen LogP) is 6.14. The number of para-hydroxylation sites is 1. The van der Waals surface area contributed by atoms with E-state index in [1.807, 2.05) is 53.9 Å². The van der Waals surface area contributed by atoms with Crippen LogP contribution in [0.1, 0.15) is 5.56 Å². The predicted molar refractivity (Wildman–Crippen MR) is 124 cm³/mol. The van der Waals surface area contributed by atoms with Crippen LogP contribution in [0.15, 0.2) is 65.1 Å². The van der Waals surface area contributed by atoms with Crippen LogP contribution in [0, 0.1) is 6.92 Å². The van der Waals surface area contributed by atoms with E-state index in [1.54, 1.807) is 30.2 Å². The second-order valence-corrected chi connectivity index (χ2v) is 8.84. The number of aryl methyl sites for hydroxylation is 1. The highest BCUT2D eigenvalue weighted by molar-refractivity contribution is 7.99. The molecule has 0 unspecified atom stereocenters. The summed E-state index contributed by atoms with van der Waals surface area (Å²) in [4.78, 5) is 1.05. The number of nitrogens with zero attached hydrogens (tertiary/aromatic N) is 3. The van der Waals surface area contributed by atoms with Gasteiger partial charge in [-0.25, -0.2) is 0 Å². The van der Waals surface area contributed by atoms with E-state index in [9.17, 15) is 0 Å². The Morgan fingerprint density at radius 3 is 2.70 bits per heavy atom. The van der Waals surface area contributed by atoms with Crippen LogP contribution >= 0.6 is 34.7 Å². The first kappa shape index (κ1) is 20.8. The van der Waals surface area contributed by atoms with E-state index in [-0.39, 0.29) is 0 Å². The summed E-state index contributed by atoms with van der Waals surface area (Å²) in [6.45, 7) is 2.56. The van der Waals surface area contributed by atoms with Gasteiger partial charge >= 0.3 is 0 Å². The number of hydrogen-bond donors (Lipinski definition) is 0. The van der Waals surface area contributed by atoms with Crippen LogP contribution in [0.5, 0.6) is 11.5 Å². The number of thioether (sulfide) groups is 1. The third-order valence-corrected chi connectivity index (χ3v) is 6.43.